The zero-order valence-corrected chi connectivity index (χ0v) is 12.1. The van der Waals surface area contributed by atoms with Crippen LogP contribution in [0.2, 0.25) is 0 Å². The van der Waals surface area contributed by atoms with Crippen LogP contribution in [0, 0.1) is 6.92 Å². The average Bonchev–Trinajstić information content (AvgIpc) is 2.96. The van der Waals surface area contributed by atoms with E-state index in [0.717, 1.165) is 13.1 Å². The number of aromatic nitrogens is 2. The Hall–Kier alpha value is -1.13. The average molecular weight is 263 g/mol. The second-order valence-corrected chi connectivity index (χ2v) is 5.94. The standard InChI is InChI=1S/C14H21N3S/c1-4-6-17-7-5-13(10-17)9-15-12(3)14-16-8-11(2)18-14/h5,7-8,10,12,15H,4,6,9H2,1-3H3. The Morgan fingerprint density at radius 1 is 1.50 bits per heavy atom. The van der Waals surface area contributed by atoms with Crippen molar-refractivity contribution < 1.29 is 0 Å². The van der Waals surface area contributed by atoms with Crippen LogP contribution >= 0.6 is 11.3 Å². The van der Waals surface area contributed by atoms with E-state index in [0.29, 0.717) is 6.04 Å². The molecule has 2 aromatic heterocycles. The molecule has 0 saturated heterocycles. The van der Waals surface area contributed by atoms with E-state index in [9.17, 15) is 0 Å². The molecule has 98 valence electrons. The van der Waals surface area contributed by atoms with Crippen LogP contribution in [0.1, 0.15) is 41.8 Å². The lowest BCUT2D eigenvalue weighted by atomic mass is 10.3. The van der Waals surface area contributed by atoms with Gasteiger partial charge in [0.2, 0.25) is 0 Å². The maximum atomic E-state index is 4.41. The third-order valence-corrected chi connectivity index (χ3v) is 4.01. The Morgan fingerprint density at radius 3 is 3.00 bits per heavy atom. The highest BCUT2D eigenvalue weighted by atomic mass is 32.1. The number of thiazole rings is 1. The van der Waals surface area contributed by atoms with Crippen LogP contribution in [-0.4, -0.2) is 9.55 Å². The number of rotatable bonds is 6. The summed E-state index contributed by atoms with van der Waals surface area (Å²) in [4.78, 5) is 5.68. The highest BCUT2D eigenvalue weighted by Crippen LogP contribution is 2.19. The van der Waals surface area contributed by atoms with Crippen molar-refractivity contribution >= 4 is 11.3 Å². The summed E-state index contributed by atoms with van der Waals surface area (Å²) in [6.45, 7) is 8.46. The molecular weight excluding hydrogens is 242 g/mol. The molecule has 0 aliphatic heterocycles. The fourth-order valence-corrected chi connectivity index (χ4v) is 2.72. The molecule has 0 aromatic carbocycles. The lowest BCUT2D eigenvalue weighted by molar-refractivity contribution is 0.570. The van der Waals surface area contributed by atoms with Crippen molar-refractivity contribution in [3.05, 3.63) is 40.1 Å². The van der Waals surface area contributed by atoms with Gasteiger partial charge in [-0.15, -0.1) is 11.3 Å². The Labute approximate surface area is 113 Å². The smallest absolute Gasteiger partial charge is 0.109 e. The highest BCUT2D eigenvalue weighted by Gasteiger charge is 2.08. The van der Waals surface area contributed by atoms with Gasteiger partial charge in [0.1, 0.15) is 5.01 Å². The van der Waals surface area contributed by atoms with Gasteiger partial charge in [-0.05, 0) is 31.9 Å². The van der Waals surface area contributed by atoms with Crippen LogP contribution in [0.15, 0.2) is 24.7 Å². The zero-order valence-electron chi connectivity index (χ0n) is 11.3. The molecule has 1 unspecified atom stereocenters. The Bertz CT molecular complexity index is 487. The molecule has 0 aliphatic carbocycles. The maximum Gasteiger partial charge on any atom is 0.109 e. The van der Waals surface area contributed by atoms with Crippen molar-refractivity contribution in [3.63, 3.8) is 0 Å². The van der Waals surface area contributed by atoms with Crippen LogP contribution in [0.5, 0.6) is 0 Å². The minimum absolute atomic E-state index is 0.318. The predicted octanol–water partition coefficient (Wildman–Crippen LogP) is 3.51. The van der Waals surface area contributed by atoms with Crippen molar-refractivity contribution in [3.8, 4) is 0 Å². The van der Waals surface area contributed by atoms with Gasteiger partial charge < -0.3 is 9.88 Å². The van der Waals surface area contributed by atoms with E-state index in [1.54, 1.807) is 11.3 Å². The topological polar surface area (TPSA) is 29.9 Å². The maximum absolute atomic E-state index is 4.41. The normalized spacial score (nSPS) is 12.8. The van der Waals surface area contributed by atoms with Crippen molar-refractivity contribution in [2.45, 2.75) is 46.3 Å². The number of aryl methyl sites for hydroxylation is 2. The van der Waals surface area contributed by atoms with Gasteiger partial charge in [0, 0.05) is 36.6 Å². The molecule has 2 aromatic rings. The molecular formula is C14H21N3S. The van der Waals surface area contributed by atoms with E-state index >= 15 is 0 Å². The Balaban J connectivity index is 1.86. The van der Waals surface area contributed by atoms with Gasteiger partial charge in [0.25, 0.3) is 0 Å². The third kappa shape index (κ3) is 3.43. The third-order valence-electron chi connectivity index (χ3n) is 2.92. The summed E-state index contributed by atoms with van der Waals surface area (Å²) in [5.41, 5.74) is 1.34. The van der Waals surface area contributed by atoms with E-state index in [1.165, 1.54) is 21.9 Å². The first-order chi connectivity index (χ1) is 8.69. The van der Waals surface area contributed by atoms with E-state index in [4.69, 9.17) is 0 Å². The summed E-state index contributed by atoms with van der Waals surface area (Å²) in [6, 6.07) is 2.50. The fraction of sp³-hybridized carbons (Fsp3) is 0.500. The Morgan fingerprint density at radius 2 is 2.33 bits per heavy atom. The largest absolute Gasteiger partial charge is 0.354 e. The van der Waals surface area contributed by atoms with Gasteiger partial charge in [-0.1, -0.05) is 6.92 Å². The molecule has 0 amide bonds. The zero-order chi connectivity index (χ0) is 13.0. The molecule has 2 heterocycles. The van der Waals surface area contributed by atoms with Crippen molar-refractivity contribution in [2.75, 3.05) is 0 Å². The molecule has 0 spiro atoms. The molecule has 4 heteroatoms. The summed E-state index contributed by atoms with van der Waals surface area (Å²) in [5.74, 6) is 0. The SMILES string of the molecule is CCCn1ccc(CNC(C)c2ncc(C)s2)c1. The molecule has 0 fully saturated rings. The van der Waals surface area contributed by atoms with Crippen molar-refractivity contribution in [2.24, 2.45) is 0 Å². The van der Waals surface area contributed by atoms with E-state index in [2.05, 4.69) is 54.1 Å². The van der Waals surface area contributed by atoms with Gasteiger partial charge in [-0.3, -0.25) is 0 Å². The number of nitrogens with one attached hydrogen (secondary N) is 1. The number of hydrogen-bond donors (Lipinski definition) is 1. The van der Waals surface area contributed by atoms with Crippen LogP contribution in [-0.2, 0) is 13.1 Å². The van der Waals surface area contributed by atoms with E-state index in [-0.39, 0.29) is 0 Å². The quantitative estimate of drug-likeness (QED) is 0.864. The summed E-state index contributed by atoms with van der Waals surface area (Å²) in [5, 5.41) is 4.69. The molecule has 0 aliphatic rings. The Kier molecular flexibility index (Phi) is 4.55. The second-order valence-electron chi connectivity index (χ2n) is 4.67. The summed E-state index contributed by atoms with van der Waals surface area (Å²) >= 11 is 1.77. The molecule has 0 bridgehead atoms. The first-order valence-electron chi connectivity index (χ1n) is 6.49. The highest BCUT2D eigenvalue weighted by molar-refractivity contribution is 7.11. The van der Waals surface area contributed by atoms with E-state index < -0.39 is 0 Å². The van der Waals surface area contributed by atoms with Crippen molar-refractivity contribution in [1.82, 2.24) is 14.9 Å². The second kappa shape index (κ2) is 6.16. The van der Waals surface area contributed by atoms with Crippen molar-refractivity contribution in [1.29, 1.82) is 0 Å². The molecule has 3 nitrogen and oxygen atoms in total. The summed E-state index contributed by atoms with van der Waals surface area (Å²) < 4.78 is 2.25. The molecule has 0 saturated carbocycles. The van der Waals surface area contributed by atoms with Crippen LogP contribution in [0.25, 0.3) is 0 Å². The first kappa shape index (κ1) is 13.3. The number of hydrogen-bond acceptors (Lipinski definition) is 3. The fourth-order valence-electron chi connectivity index (χ4n) is 1.92. The van der Waals surface area contributed by atoms with Gasteiger partial charge in [-0.2, -0.15) is 0 Å². The van der Waals surface area contributed by atoms with Crippen LogP contribution < -0.4 is 5.32 Å². The lowest BCUT2D eigenvalue weighted by Gasteiger charge is -2.09. The van der Waals surface area contributed by atoms with Gasteiger partial charge in [0.05, 0.1) is 6.04 Å². The molecule has 1 atom stereocenters. The van der Waals surface area contributed by atoms with Crippen LogP contribution in [0.3, 0.4) is 0 Å². The monoisotopic (exact) mass is 263 g/mol. The van der Waals surface area contributed by atoms with Gasteiger partial charge in [0.15, 0.2) is 0 Å². The first-order valence-corrected chi connectivity index (χ1v) is 7.31. The molecule has 1 N–H and O–H groups in total. The minimum atomic E-state index is 0.318. The van der Waals surface area contributed by atoms with Gasteiger partial charge in [-0.25, -0.2) is 4.98 Å². The predicted molar refractivity (Wildman–Crippen MR) is 76.8 cm³/mol. The van der Waals surface area contributed by atoms with Gasteiger partial charge >= 0.3 is 0 Å². The summed E-state index contributed by atoms with van der Waals surface area (Å²) in [7, 11) is 0. The number of nitrogens with zero attached hydrogens (tertiary/aromatic N) is 2. The molecule has 2 rings (SSSR count). The van der Waals surface area contributed by atoms with Crippen LogP contribution in [0.4, 0.5) is 0 Å². The lowest BCUT2D eigenvalue weighted by Crippen LogP contribution is -2.17. The molecule has 18 heavy (non-hydrogen) atoms. The minimum Gasteiger partial charge on any atom is -0.354 e. The summed E-state index contributed by atoms with van der Waals surface area (Å²) in [6.07, 6.45) is 7.49. The van der Waals surface area contributed by atoms with E-state index in [1.807, 2.05) is 6.20 Å². The molecule has 0 radical (unpaired) electrons.